The molecule has 0 aromatic carbocycles. The molecule has 0 saturated heterocycles. The molecule has 0 aliphatic heterocycles. The average Bonchev–Trinajstić information content (AvgIpc) is 2.18. The SMILES string of the molecule is CCCCOC(CCC)OC(S)CCC. The zero-order chi connectivity index (χ0) is 11.5. The van der Waals surface area contributed by atoms with Crippen LogP contribution in [0.3, 0.4) is 0 Å². The third kappa shape index (κ3) is 9.21. The fourth-order valence-electron chi connectivity index (χ4n) is 1.28. The van der Waals surface area contributed by atoms with Gasteiger partial charge in [0, 0.05) is 6.61 Å². The summed E-state index contributed by atoms with van der Waals surface area (Å²) >= 11 is 4.39. The Morgan fingerprint density at radius 3 is 2.20 bits per heavy atom. The van der Waals surface area contributed by atoms with Crippen LogP contribution in [0.1, 0.15) is 59.3 Å². The quantitative estimate of drug-likeness (QED) is 0.350. The van der Waals surface area contributed by atoms with Crippen LogP contribution in [0.25, 0.3) is 0 Å². The van der Waals surface area contributed by atoms with Gasteiger partial charge in [-0.1, -0.05) is 40.0 Å². The van der Waals surface area contributed by atoms with Crippen LogP contribution in [-0.2, 0) is 9.47 Å². The molecule has 0 N–H and O–H groups in total. The fourth-order valence-corrected chi connectivity index (χ4v) is 1.67. The molecule has 0 aliphatic rings. The van der Waals surface area contributed by atoms with Crippen molar-refractivity contribution in [3.8, 4) is 0 Å². The third-order valence-electron chi connectivity index (χ3n) is 2.17. The summed E-state index contributed by atoms with van der Waals surface area (Å²) in [4.78, 5) is 0. The maximum absolute atomic E-state index is 5.72. The lowest BCUT2D eigenvalue weighted by molar-refractivity contribution is -0.155. The number of hydrogen-bond donors (Lipinski definition) is 1. The molecule has 2 nitrogen and oxygen atoms in total. The van der Waals surface area contributed by atoms with Gasteiger partial charge in [0.25, 0.3) is 0 Å². The summed E-state index contributed by atoms with van der Waals surface area (Å²) in [7, 11) is 0. The molecule has 0 fully saturated rings. The smallest absolute Gasteiger partial charge is 0.159 e. The predicted octanol–water partition coefficient (Wildman–Crippen LogP) is 4.00. The first-order valence-electron chi connectivity index (χ1n) is 6.19. The minimum Gasteiger partial charge on any atom is -0.353 e. The first kappa shape index (κ1) is 15.3. The second-order valence-electron chi connectivity index (χ2n) is 3.82. The van der Waals surface area contributed by atoms with Crippen molar-refractivity contribution in [2.75, 3.05) is 6.61 Å². The highest BCUT2D eigenvalue weighted by Gasteiger charge is 2.12. The molecule has 0 rings (SSSR count). The van der Waals surface area contributed by atoms with Crippen molar-refractivity contribution < 1.29 is 9.47 Å². The number of unbranched alkanes of at least 4 members (excludes halogenated alkanes) is 1. The molecule has 2 atom stereocenters. The van der Waals surface area contributed by atoms with Gasteiger partial charge in [-0.15, -0.1) is 12.6 Å². The normalized spacial score (nSPS) is 15.2. The first-order chi connectivity index (χ1) is 7.24. The minimum absolute atomic E-state index is 0.0215. The molecular weight excluding hydrogens is 208 g/mol. The Balaban J connectivity index is 3.70. The Morgan fingerprint density at radius 2 is 1.67 bits per heavy atom. The Bertz CT molecular complexity index is 131. The maximum atomic E-state index is 5.72. The summed E-state index contributed by atoms with van der Waals surface area (Å²) in [6, 6.07) is 0. The predicted molar refractivity (Wildman–Crippen MR) is 68.3 cm³/mol. The van der Waals surface area contributed by atoms with E-state index in [-0.39, 0.29) is 11.7 Å². The van der Waals surface area contributed by atoms with E-state index in [0.717, 1.165) is 45.1 Å². The van der Waals surface area contributed by atoms with E-state index in [4.69, 9.17) is 9.47 Å². The van der Waals surface area contributed by atoms with Crippen molar-refractivity contribution in [2.24, 2.45) is 0 Å². The number of rotatable bonds is 10. The van der Waals surface area contributed by atoms with Crippen molar-refractivity contribution in [1.29, 1.82) is 0 Å². The molecule has 0 radical (unpaired) electrons. The van der Waals surface area contributed by atoms with Crippen molar-refractivity contribution in [2.45, 2.75) is 71.0 Å². The van der Waals surface area contributed by atoms with Crippen LogP contribution in [0.15, 0.2) is 0 Å². The first-order valence-corrected chi connectivity index (χ1v) is 6.71. The van der Waals surface area contributed by atoms with Crippen LogP contribution in [0, 0.1) is 0 Å². The van der Waals surface area contributed by atoms with E-state index in [1.807, 2.05) is 0 Å². The second kappa shape index (κ2) is 10.8. The van der Waals surface area contributed by atoms with Crippen LogP contribution in [0.5, 0.6) is 0 Å². The van der Waals surface area contributed by atoms with Crippen LogP contribution in [-0.4, -0.2) is 18.3 Å². The lowest BCUT2D eigenvalue weighted by Gasteiger charge is -2.21. The van der Waals surface area contributed by atoms with E-state index in [2.05, 4.69) is 33.4 Å². The molecule has 92 valence electrons. The molecule has 3 heteroatoms. The minimum atomic E-state index is -0.0596. The Hall–Kier alpha value is 0.270. The van der Waals surface area contributed by atoms with Gasteiger partial charge >= 0.3 is 0 Å². The largest absolute Gasteiger partial charge is 0.353 e. The number of hydrogen-bond acceptors (Lipinski definition) is 3. The summed E-state index contributed by atoms with van der Waals surface area (Å²) in [5, 5.41) is 0. The topological polar surface area (TPSA) is 18.5 Å². The van der Waals surface area contributed by atoms with Crippen LogP contribution >= 0.6 is 12.6 Å². The lowest BCUT2D eigenvalue weighted by atomic mass is 10.3. The Kier molecular flexibility index (Phi) is 11.0. The summed E-state index contributed by atoms with van der Waals surface area (Å²) in [5.41, 5.74) is 0.0215. The fraction of sp³-hybridized carbons (Fsp3) is 1.00. The maximum Gasteiger partial charge on any atom is 0.159 e. The van der Waals surface area contributed by atoms with Crippen LogP contribution in [0.4, 0.5) is 0 Å². The monoisotopic (exact) mass is 234 g/mol. The van der Waals surface area contributed by atoms with E-state index in [1.165, 1.54) is 0 Å². The molecule has 2 unspecified atom stereocenters. The molecule has 0 saturated carbocycles. The second-order valence-corrected chi connectivity index (χ2v) is 4.40. The summed E-state index contributed by atoms with van der Waals surface area (Å²) in [6.45, 7) is 7.25. The highest BCUT2D eigenvalue weighted by atomic mass is 32.1. The molecule has 0 aliphatic carbocycles. The van der Waals surface area contributed by atoms with Gasteiger partial charge in [-0.05, 0) is 19.3 Å². The third-order valence-corrected chi connectivity index (χ3v) is 2.55. The molecule has 0 amide bonds. The van der Waals surface area contributed by atoms with Crippen molar-refractivity contribution in [3.63, 3.8) is 0 Å². The molecule has 0 bridgehead atoms. The Morgan fingerprint density at radius 1 is 1.00 bits per heavy atom. The average molecular weight is 234 g/mol. The highest BCUT2D eigenvalue weighted by Crippen LogP contribution is 2.14. The molecule has 0 aromatic heterocycles. The molecular formula is C12H26O2S. The van der Waals surface area contributed by atoms with Gasteiger partial charge in [-0.25, -0.2) is 0 Å². The molecule has 0 aromatic rings. The van der Waals surface area contributed by atoms with Gasteiger partial charge in [0.05, 0.1) is 0 Å². The van der Waals surface area contributed by atoms with Crippen molar-refractivity contribution in [3.05, 3.63) is 0 Å². The lowest BCUT2D eigenvalue weighted by Crippen LogP contribution is -2.22. The zero-order valence-corrected chi connectivity index (χ0v) is 11.3. The van der Waals surface area contributed by atoms with Gasteiger partial charge in [0.1, 0.15) is 5.44 Å². The standard InChI is InChI=1S/C12H26O2S/c1-4-7-10-13-11(8-5-2)14-12(15)9-6-3/h11-12,15H,4-10H2,1-3H3. The number of ether oxygens (including phenoxy) is 2. The van der Waals surface area contributed by atoms with E-state index in [9.17, 15) is 0 Å². The molecule has 0 spiro atoms. The van der Waals surface area contributed by atoms with Crippen LogP contribution in [0.2, 0.25) is 0 Å². The van der Waals surface area contributed by atoms with Crippen molar-refractivity contribution >= 4 is 12.6 Å². The molecule has 15 heavy (non-hydrogen) atoms. The number of thiol groups is 1. The summed E-state index contributed by atoms with van der Waals surface area (Å²) < 4.78 is 11.4. The van der Waals surface area contributed by atoms with E-state index < -0.39 is 0 Å². The zero-order valence-electron chi connectivity index (χ0n) is 10.4. The van der Waals surface area contributed by atoms with Crippen LogP contribution < -0.4 is 0 Å². The van der Waals surface area contributed by atoms with E-state index >= 15 is 0 Å². The Labute approximate surface area is 100 Å². The summed E-state index contributed by atoms with van der Waals surface area (Å²) in [5.74, 6) is 0. The van der Waals surface area contributed by atoms with Gasteiger partial charge in [-0.3, -0.25) is 0 Å². The van der Waals surface area contributed by atoms with E-state index in [1.54, 1.807) is 0 Å². The van der Waals surface area contributed by atoms with E-state index in [0.29, 0.717) is 0 Å². The highest BCUT2D eigenvalue weighted by molar-refractivity contribution is 7.80. The van der Waals surface area contributed by atoms with Crippen molar-refractivity contribution in [1.82, 2.24) is 0 Å². The van der Waals surface area contributed by atoms with Gasteiger partial charge in [0.2, 0.25) is 0 Å². The van der Waals surface area contributed by atoms with Gasteiger partial charge in [0.15, 0.2) is 6.29 Å². The molecule has 0 heterocycles. The van der Waals surface area contributed by atoms with Gasteiger partial charge < -0.3 is 9.47 Å². The van der Waals surface area contributed by atoms with Gasteiger partial charge in [-0.2, -0.15) is 0 Å². The summed E-state index contributed by atoms with van der Waals surface area (Å²) in [6.07, 6.45) is 6.35.